The van der Waals surface area contributed by atoms with Gasteiger partial charge in [0.1, 0.15) is 11.5 Å². The summed E-state index contributed by atoms with van der Waals surface area (Å²) in [6, 6.07) is 3.75. The van der Waals surface area contributed by atoms with Crippen LogP contribution in [0, 0.1) is 6.92 Å². The molecule has 0 amide bonds. The van der Waals surface area contributed by atoms with Crippen molar-refractivity contribution in [2.75, 3.05) is 20.8 Å². The molecule has 15 heavy (non-hydrogen) atoms. The van der Waals surface area contributed by atoms with Crippen LogP contribution in [0.4, 0.5) is 0 Å². The summed E-state index contributed by atoms with van der Waals surface area (Å²) in [5, 5.41) is 9.20. The van der Waals surface area contributed by atoms with Crippen molar-refractivity contribution in [2.24, 2.45) is 0 Å². The molecule has 0 bridgehead atoms. The molecule has 0 aliphatic heterocycles. The van der Waals surface area contributed by atoms with Gasteiger partial charge in [-0.3, -0.25) is 0 Å². The standard InChI is InChI=1S/C12H18O3/c1-8(7-13)12-9(2)10(14-3)5-6-11(12)15-4/h5-6,8,13H,7H2,1-4H3. The van der Waals surface area contributed by atoms with Gasteiger partial charge in [0.25, 0.3) is 0 Å². The van der Waals surface area contributed by atoms with E-state index in [-0.39, 0.29) is 12.5 Å². The van der Waals surface area contributed by atoms with E-state index < -0.39 is 0 Å². The molecule has 0 aromatic heterocycles. The smallest absolute Gasteiger partial charge is 0.122 e. The van der Waals surface area contributed by atoms with Gasteiger partial charge < -0.3 is 14.6 Å². The molecule has 0 fully saturated rings. The van der Waals surface area contributed by atoms with E-state index in [0.29, 0.717) is 0 Å². The summed E-state index contributed by atoms with van der Waals surface area (Å²) in [7, 11) is 3.27. The lowest BCUT2D eigenvalue weighted by Gasteiger charge is -2.18. The molecule has 1 atom stereocenters. The highest BCUT2D eigenvalue weighted by Gasteiger charge is 2.16. The van der Waals surface area contributed by atoms with Crippen LogP contribution in [0.1, 0.15) is 24.0 Å². The van der Waals surface area contributed by atoms with Crippen LogP contribution in [-0.4, -0.2) is 25.9 Å². The second kappa shape index (κ2) is 5.03. The third kappa shape index (κ3) is 2.23. The topological polar surface area (TPSA) is 38.7 Å². The molecule has 1 aromatic carbocycles. The number of hydrogen-bond donors (Lipinski definition) is 1. The predicted molar refractivity (Wildman–Crippen MR) is 59.8 cm³/mol. The van der Waals surface area contributed by atoms with Gasteiger partial charge in [-0.2, -0.15) is 0 Å². The van der Waals surface area contributed by atoms with E-state index in [2.05, 4.69) is 0 Å². The van der Waals surface area contributed by atoms with E-state index in [1.165, 1.54) is 0 Å². The van der Waals surface area contributed by atoms with E-state index in [9.17, 15) is 5.11 Å². The lowest BCUT2D eigenvalue weighted by atomic mass is 9.95. The third-order valence-corrected chi connectivity index (χ3v) is 2.63. The van der Waals surface area contributed by atoms with Gasteiger partial charge in [0.2, 0.25) is 0 Å². The average molecular weight is 210 g/mol. The fraction of sp³-hybridized carbons (Fsp3) is 0.500. The van der Waals surface area contributed by atoms with Crippen molar-refractivity contribution in [2.45, 2.75) is 19.8 Å². The van der Waals surface area contributed by atoms with Crippen molar-refractivity contribution in [3.63, 3.8) is 0 Å². The molecule has 0 radical (unpaired) electrons. The van der Waals surface area contributed by atoms with E-state index in [4.69, 9.17) is 9.47 Å². The number of benzene rings is 1. The number of aliphatic hydroxyl groups excluding tert-OH is 1. The number of hydrogen-bond acceptors (Lipinski definition) is 3. The maximum atomic E-state index is 9.20. The zero-order valence-electron chi connectivity index (χ0n) is 9.70. The molecule has 3 nitrogen and oxygen atoms in total. The van der Waals surface area contributed by atoms with Crippen molar-refractivity contribution in [3.8, 4) is 11.5 Å². The first kappa shape index (κ1) is 11.9. The van der Waals surface area contributed by atoms with Crippen molar-refractivity contribution in [3.05, 3.63) is 23.3 Å². The Morgan fingerprint density at radius 3 is 2.20 bits per heavy atom. The monoisotopic (exact) mass is 210 g/mol. The Kier molecular flexibility index (Phi) is 3.97. The molecule has 3 heteroatoms. The molecule has 1 unspecified atom stereocenters. The fourth-order valence-electron chi connectivity index (χ4n) is 1.79. The van der Waals surface area contributed by atoms with Crippen molar-refractivity contribution >= 4 is 0 Å². The summed E-state index contributed by atoms with van der Waals surface area (Å²) in [5.41, 5.74) is 2.04. The Hall–Kier alpha value is -1.22. The minimum atomic E-state index is 0.0510. The lowest BCUT2D eigenvalue weighted by Crippen LogP contribution is -2.05. The molecule has 0 aliphatic carbocycles. The second-order valence-corrected chi connectivity index (χ2v) is 3.59. The van der Waals surface area contributed by atoms with Gasteiger partial charge >= 0.3 is 0 Å². The van der Waals surface area contributed by atoms with Gasteiger partial charge in [-0.05, 0) is 24.6 Å². The van der Waals surface area contributed by atoms with Gasteiger partial charge in [-0.1, -0.05) is 6.92 Å². The maximum Gasteiger partial charge on any atom is 0.122 e. The first-order chi connectivity index (χ1) is 7.15. The first-order valence-electron chi connectivity index (χ1n) is 4.98. The predicted octanol–water partition coefficient (Wildman–Crippen LogP) is 2.11. The highest BCUT2D eigenvalue weighted by molar-refractivity contribution is 5.49. The van der Waals surface area contributed by atoms with Crippen LogP contribution in [0.15, 0.2) is 12.1 Å². The van der Waals surface area contributed by atoms with Crippen LogP contribution in [0.25, 0.3) is 0 Å². The summed E-state index contributed by atoms with van der Waals surface area (Å²) in [6.07, 6.45) is 0. The average Bonchev–Trinajstić information content (AvgIpc) is 2.27. The number of ether oxygens (including phenoxy) is 2. The Morgan fingerprint density at radius 1 is 1.20 bits per heavy atom. The fourth-order valence-corrected chi connectivity index (χ4v) is 1.79. The summed E-state index contributed by atoms with van der Waals surface area (Å²) in [4.78, 5) is 0. The van der Waals surface area contributed by atoms with Crippen LogP contribution in [0.2, 0.25) is 0 Å². The van der Waals surface area contributed by atoms with Gasteiger partial charge in [-0.25, -0.2) is 0 Å². The van der Waals surface area contributed by atoms with Crippen LogP contribution in [0.5, 0.6) is 11.5 Å². The van der Waals surface area contributed by atoms with Crippen LogP contribution in [-0.2, 0) is 0 Å². The van der Waals surface area contributed by atoms with Crippen molar-refractivity contribution in [1.29, 1.82) is 0 Å². The van der Waals surface area contributed by atoms with Gasteiger partial charge in [0.15, 0.2) is 0 Å². The summed E-state index contributed by atoms with van der Waals surface area (Å²) < 4.78 is 10.5. The molecule has 0 heterocycles. The molecule has 0 saturated carbocycles. The largest absolute Gasteiger partial charge is 0.496 e. The van der Waals surface area contributed by atoms with Crippen molar-refractivity contribution < 1.29 is 14.6 Å². The molecular weight excluding hydrogens is 192 g/mol. The minimum absolute atomic E-state index is 0.0510. The molecule has 1 rings (SSSR count). The van der Waals surface area contributed by atoms with E-state index >= 15 is 0 Å². The normalized spacial score (nSPS) is 12.3. The van der Waals surface area contributed by atoms with Gasteiger partial charge in [-0.15, -0.1) is 0 Å². The second-order valence-electron chi connectivity index (χ2n) is 3.59. The van der Waals surface area contributed by atoms with E-state index in [0.717, 1.165) is 22.6 Å². The first-order valence-corrected chi connectivity index (χ1v) is 4.98. The lowest BCUT2D eigenvalue weighted by molar-refractivity contribution is 0.269. The maximum absolute atomic E-state index is 9.20. The molecule has 1 aromatic rings. The molecular formula is C12H18O3. The highest BCUT2D eigenvalue weighted by atomic mass is 16.5. The minimum Gasteiger partial charge on any atom is -0.496 e. The molecule has 84 valence electrons. The summed E-state index contributed by atoms with van der Waals surface area (Å²) in [6.45, 7) is 4.04. The number of methoxy groups -OCH3 is 2. The molecule has 0 aliphatic rings. The highest BCUT2D eigenvalue weighted by Crippen LogP contribution is 2.34. The number of rotatable bonds is 4. The summed E-state index contributed by atoms with van der Waals surface area (Å²) >= 11 is 0. The molecule has 1 N–H and O–H groups in total. The zero-order chi connectivity index (χ0) is 11.4. The van der Waals surface area contributed by atoms with Crippen LogP contribution < -0.4 is 9.47 Å². The number of aliphatic hydroxyl groups is 1. The Bertz CT molecular complexity index is 334. The molecule has 0 spiro atoms. The van der Waals surface area contributed by atoms with Crippen LogP contribution in [0.3, 0.4) is 0 Å². The Balaban J connectivity index is 3.29. The van der Waals surface area contributed by atoms with E-state index in [1.807, 2.05) is 26.0 Å². The van der Waals surface area contributed by atoms with E-state index in [1.54, 1.807) is 14.2 Å². The Morgan fingerprint density at radius 2 is 1.73 bits per heavy atom. The zero-order valence-corrected chi connectivity index (χ0v) is 9.70. The molecule has 0 saturated heterocycles. The van der Waals surface area contributed by atoms with Gasteiger partial charge in [0.05, 0.1) is 14.2 Å². The van der Waals surface area contributed by atoms with Crippen LogP contribution >= 0.6 is 0 Å². The Labute approximate surface area is 90.6 Å². The van der Waals surface area contributed by atoms with Gasteiger partial charge in [0, 0.05) is 18.1 Å². The third-order valence-electron chi connectivity index (χ3n) is 2.63. The SMILES string of the molecule is COc1ccc(OC)c(C(C)CO)c1C. The van der Waals surface area contributed by atoms with Crippen molar-refractivity contribution in [1.82, 2.24) is 0 Å². The summed E-state index contributed by atoms with van der Waals surface area (Å²) in [5.74, 6) is 1.68. The quantitative estimate of drug-likeness (QED) is 0.827.